The van der Waals surface area contributed by atoms with E-state index in [2.05, 4.69) is 17.1 Å². The molecule has 0 spiro atoms. The van der Waals surface area contributed by atoms with Crippen molar-refractivity contribution in [3.63, 3.8) is 0 Å². The van der Waals surface area contributed by atoms with E-state index >= 15 is 0 Å². The van der Waals surface area contributed by atoms with Crippen molar-refractivity contribution >= 4 is 11.6 Å². The number of benzene rings is 1. The predicted molar refractivity (Wildman–Crippen MR) is 82.2 cm³/mol. The van der Waals surface area contributed by atoms with Crippen LogP contribution in [0.1, 0.15) is 23.9 Å². The Morgan fingerprint density at radius 2 is 2.24 bits per heavy atom. The summed E-state index contributed by atoms with van der Waals surface area (Å²) in [5, 5.41) is 0.266. The van der Waals surface area contributed by atoms with E-state index in [0.29, 0.717) is 13.0 Å². The zero-order valence-corrected chi connectivity index (χ0v) is 12.7. The summed E-state index contributed by atoms with van der Waals surface area (Å²) >= 11 is 5.84. The molecule has 2 heterocycles. The van der Waals surface area contributed by atoms with Crippen LogP contribution in [0.3, 0.4) is 0 Å². The monoisotopic (exact) mass is 304 g/mol. The molecule has 0 saturated heterocycles. The Kier molecular flexibility index (Phi) is 3.97. The molecule has 2 aromatic rings. The van der Waals surface area contributed by atoms with Crippen LogP contribution in [0.25, 0.3) is 0 Å². The summed E-state index contributed by atoms with van der Waals surface area (Å²) in [5.41, 5.74) is 2.38. The Labute approximate surface area is 128 Å². The van der Waals surface area contributed by atoms with Crippen molar-refractivity contribution in [1.82, 2.24) is 9.55 Å². The molecule has 0 unspecified atom stereocenters. The molecule has 0 atom stereocenters. The fraction of sp³-hybridized carbons (Fsp3) is 0.375. The van der Waals surface area contributed by atoms with Crippen molar-refractivity contribution in [2.75, 3.05) is 6.61 Å². The number of aromatic nitrogens is 2. The molecule has 1 aliphatic heterocycles. The first kappa shape index (κ1) is 14.1. The molecule has 0 saturated carbocycles. The van der Waals surface area contributed by atoms with Gasteiger partial charge in [-0.3, -0.25) is 9.36 Å². The first-order chi connectivity index (χ1) is 10.2. The lowest BCUT2D eigenvalue weighted by Crippen LogP contribution is -2.25. The third kappa shape index (κ3) is 2.95. The highest BCUT2D eigenvalue weighted by atomic mass is 35.5. The standard InChI is InChI=1S/C16H17ClN2O2/c1-2-15-18-14(17)10-16(20)19(15)7-5-11-3-4-13-12(9-11)6-8-21-13/h3-4,9-10H,2,5-8H2,1H3. The molecule has 21 heavy (non-hydrogen) atoms. The summed E-state index contributed by atoms with van der Waals surface area (Å²) in [7, 11) is 0. The van der Waals surface area contributed by atoms with E-state index in [1.807, 2.05) is 13.0 Å². The number of aryl methyl sites for hydroxylation is 2. The van der Waals surface area contributed by atoms with Crippen molar-refractivity contribution < 1.29 is 4.74 Å². The Bertz CT molecular complexity index is 725. The molecular weight excluding hydrogens is 288 g/mol. The summed E-state index contributed by atoms with van der Waals surface area (Å²) in [4.78, 5) is 16.3. The topological polar surface area (TPSA) is 44.1 Å². The highest BCUT2D eigenvalue weighted by Crippen LogP contribution is 2.26. The Balaban J connectivity index is 1.80. The Morgan fingerprint density at radius 3 is 3.05 bits per heavy atom. The molecule has 5 heteroatoms. The van der Waals surface area contributed by atoms with Gasteiger partial charge in [-0.25, -0.2) is 4.98 Å². The van der Waals surface area contributed by atoms with Gasteiger partial charge in [0.2, 0.25) is 0 Å². The normalized spacial score (nSPS) is 13.0. The number of rotatable bonds is 4. The van der Waals surface area contributed by atoms with Crippen LogP contribution in [0.4, 0.5) is 0 Å². The van der Waals surface area contributed by atoms with E-state index < -0.39 is 0 Å². The van der Waals surface area contributed by atoms with Crippen LogP contribution in [0.2, 0.25) is 5.15 Å². The molecule has 0 amide bonds. The third-order valence-corrected chi connectivity index (χ3v) is 3.94. The minimum Gasteiger partial charge on any atom is -0.493 e. The number of fused-ring (bicyclic) bond motifs is 1. The van der Waals surface area contributed by atoms with Crippen LogP contribution < -0.4 is 10.3 Å². The third-order valence-electron chi connectivity index (χ3n) is 3.75. The molecule has 0 N–H and O–H groups in total. The number of hydrogen-bond donors (Lipinski definition) is 0. The summed E-state index contributed by atoms with van der Waals surface area (Å²) in [6.07, 6.45) is 2.45. The van der Waals surface area contributed by atoms with Crippen LogP contribution >= 0.6 is 11.6 Å². The second kappa shape index (κ2) is 5.90. The second-order valence-electron chi connectivity index (χ2n) is 5.13. The zero-order valence-electron chi connectivity index (χ0n) is 11.9. The molecule has 0 aliphatic carbocycles. The lowest BCUT2D eigenvalue weighted by Gasteiger charge is -2.11. The highest BCUT2D eigenvalue weighted by Gasteiger charge is 2.12. The van der Waals surface area contributed by atoms with E-state index in [4.69, 9.17) is 16.3 Å². The molecule has 0 radical (unpaired) electrons. The van der Waals surface area contributed by atoms with Gasteiger partial charge in [-0.05, 0) is 23.6 Å². The maximum atomic E-state index is 12.0. The zero-order chi connectivity index (χ0) is 14.8. The van der Waals surface area contributed by atoms with Crippen LogP contribution in [0.15, 0.2) is 29.1 Å². The van der Waals surface area contributed by atoms with Crippen LogP contribution in [0.5, 0.6) is 5.75 Å². The van der Waals surface area contributed by atoms with Gasteiger partial charge in [-0.1, -0.05) is 30.7 Å². The largest absolute Gasteiger partial charge is 0.493 e. The van der Waals surface area contributed by atoms with Gasteiger partial charge < -0.3 is 4.74 Å². The van der Waals surface area contributed by atoms with E-state index in [0.717, 1.165) is 31.0 Å². The van der Waals surface area contributed by atoms with E-state index in [9.17, 15) is 4.79 Å². The SMILES string of the molecule is CCc1nc(Cl)cc(=O)n1CCc1ccc2c(c1)CCO2. The van der Waals surface area contributed by atoms with Gasteiger partial charge in [-0.15, -0.1) is 0 Å². The molecule has 1 aliphatic rings. The van der Waals surface area contributed by atoms with Crippen molar-refractivity contribution in [2.24, 2.45) is 0 Å². The number of hydrogen-bond acceptors (Lipinski definition) is 3. The maximum Gasteiger partial charge on any atom is 0.254 e. The number of nitrogens with zero attached hydrogens (tertiary/aromatic N) is 2. The molecule has 110 valence electrons. The average Bonchev–Trinajstić information content (AvgIpc) is 2.93. The number of ether oxygens (including phenoxy) is 1. The van der Waals surface area contributed by atoms with Gasteiger partial charge in [0.05, 0.1) is 6.61 Å². The Morgan fingerprint density at radius 1 is 1.38 bits per heavy atom. The Hall–Kier alpha value is -1.81. The van der Waals surface area contributed by atoms with Crippen molar-refractivity contribution in [1.29, 1.82) is 0 Å². The molecule has 1 aromatic heterocycles. The smallest absolute Gasteiger partial charge is 0.254 e. The predicted octanol–water partition coefficient (Wildman–Crippen LogP) is 2.64. The van der Waals surface area contributed by atoms with E-state index in [1.54, 1.807) is 4.57 Å². The fourth-order valence-electron chi connectivity index (χ4n) is 2.67. The quantitative estimate of drug-likeness (QED) is 0.816. The minimum atomic E-state index is -0.0867. The van der Waals surface area contributed by atoms with Gasteiger partial charge in [0.15, 0.2) is 0 Å². The molecule has 4 nitrogen and oxygen atoms in total. The van der Waals surface area contributed by atoms with Crippen molar-refractivity contribution in [3.8, 4) is 5.75 Å². The lowest BCUT2D eigenvalue weighted by molar-refractivity contribution is 0.357. The molecule has 1 aromatic carbocycles. The molecular formula is C16H17ClN2O2. The fourth-order valence-corrected chi connectivity index (χ4v) is 2.86. The first-order valence-electron chi connectivity index (χ1n) is 7.18. The van der Waals surface area contributed by atoms with Crippen LogP contribution in [-0.4, -0.2) is 16.2 Å². The van der Waals surface area contributed by atoms with Crippen LogP contribution in [0, 0.1) is 0 Å². The summed E-state index contributed by atoms with van der Waals surface area (Å²) < 4.78 is 7.21. The second-order valence-corrected chi connectivity index (χ2v) is 5.52. The van der Waals surface area contributed by atoms with Crippen molar-refractivity contribution in [3.05, 3.63) is 56.7 Å². The van der Waals surface area contributed by atoms with Gasteiger partial charge in [0, 0.05) is 25.5 Å². The summed E-state index contributed by atoms with van der Waals surface area (Å²) in [6, 6.07) is 7.62. The van der Waals surface area contributed by atoms with Crippen LogP contribution in [-0.2, 0) is 25.8 Å². The van der Waals surface area contributed by atoms with Gasteiger partial charge in [0.25, 0.3) is 5.56 Å². The summed E-state index contributed by atoms with van der Waals surface area (Å²) in [5.74, 6) is 1.72. The first-order valence-corrected chi connectivity index (χ1v) is 7.56. The molecule has 0 fully saturated rings. The van der Waals surface area contributed by atoms with E-state index in [1.165, 1.54) is 17.2 Å². The van der Waals surface area contributed by atoms with Gasteiger partial charge in [-0.2, -0.15) is 0 Å². The number of halogens is 1. The van der Waals surface area contributed by atoms with Gasteiger partial charge in [0.1, 0.15) is 16.7 Å². The maximum absolute atomic E-state index is 12.0. The minimum absolute atomic E-state index is 0.0867. The molecule has 3 rings (SSSR count). The van der Waals surface area contributed by atoms with E-state index in [-0.39, 0.29) is 10.7 Å². The average molecular weight is 305 g/mol. The summed E-state index contributed by atoms with van der Waals surface area (Å²) in [6.45, 7) is 3.35. The molecule has 0 bridgehead atoms. The highest BCUT2D eigenvalue weighted by molar-refractivity contribution is 6.29. The van der Waals surface area contributed by atoms with Crippen molar-refractivity contribution in [2.45, 2.75) is 32.7 Å². The lowest BCUT2D eigenvalue weighted by atomic mass is 10.1. The van der Waals surface area contributed by atoms with Gasteiger partial charge >= 0.3 is 0 Å².